The number of amides is 1. The second-order valence-electron chi connectivity index (χ2n) is 5.53. The summed E-state index contributed by atoms with van der Waals surface area (Å²) < 4.78 is 5.08. The van der Waals surface area contributed by atoms with Gasteiger partial charge in [0.05, 0.1) is 13.3 Å². The first kappa shape index (κ1) is 16.5. The quantitative estimate of drug-likeness (QED) is 0.854. The Balaban J connectivity index is 1.72. The van der Waals surface area contributed by atoms with Crippen molar-refractivity contribution < 1.29 is 9.53 Å². The Morgan fingerprint density at radius 2 is 1.96 bits per heavy atom. The maximum atomic E-state index is 12.6. The minimum atomic E-state index is 0.0591. The van der Waals surface area contributed by atoms with Crippen LogP contribution in [0.25, 0.3) is 0 Å². The van der Waals surface area contributed by atoms with E-state index in [2.05, 4.69) is 14.9 Å². The summed E-state index contributed by atoms with van der Waals surface area (Å²) in [6, 6.07) is 9.64. The lowest BCUT2D eigenvalue weighted by atomic mass is 10.2. The largest absolute Gasteiger partial charge is 0.467 e. The average Bonchev–Trinajstić information content (AvgIpc) is 2.88. The molecular formula is C17H19ClN4O2. The van der Waals surface area contributed by atoms with Gasteiger partial charge >= 0.3 is 6.01 Å². The smallest absolute Gasteiger partial charge is 0.318 e. The highest BCUT2D eigenvalue weighted by molar-refractivity contribution is 6.32. The highest BCUT2D eigenvalue weighted by Crippen LogP contribution is 2.25. The van der Waals surface area contributed by atoms with E-state index in [4.69, 9.17) is 16.3 Å². The van der Waals surface area contributed by atoms with Crippen LogP contribution in [0.15, 0.2) is 36.5 Å². The Morgan fingerprint density at radius 1 is 1.17 bits per heavy atom. The number of ether oxygens (including phenoxy) is 1. The third-order valence-corrected chi connectivity index (χ3v) is 4.26. The summed E-state index contributed by atoms with van der Waals surface area (Å²) in [7, 11) is 1.52. The van der Waals surface area contributed by atoms with Crippen LogP contribution < -0.4 is 9.64 Å². The van der Waals surface area contributed by atoms with Crippen molar-refractivity contribution in [1.82, 2.24) is 14.9 Å². The molecule has 0 spiro atoms. The molecule has 1 saturated heterocycles. The monoisotopic (exact) mass is 346 g/mol. The molecule has 1 amide bonds. The van der Waals surface area contributed by atoms with Crippen molar-refractivity contribution in [3.05, 3.63) is 47.1 Å². The third kappa shape index (κ3) is 3.59. The summed E-state index contributed by atoms with van der Waals surface area (Å²) >= 11 is 6.23. The predicted molar refractivity (Wildman–Crippen MR) is 92.8 cm³/mol. The molecule has 24 heavy (non-hydrogen) atoms. The molecule has 1 fully saturated rings. The number of hydrogen-bond donors (Lipinski definition) is 0. The summed E-state index contributed by atoms with van der Waals surface area (Å²) in [4.78, 5) is 24.9. The number of aromatic nitrogens is 2. The first-order chi connectivity index (χ1) is 11.7. The van der Waals surface area contributed by atoms with Crippen LogP contribution in [-0.4, -0.2) is 54.1 Å². The molecule has 126 valence electrons. The summed E-state index contributed by atoms with van der Waals surface area (Å²) in [6.07, 6.45) is 2.39. The molecular weight excluding hydrogens is 328 g/mol. The molecule has 0 N–H and O–H groups in total. The van der Waals surface area contributed by atoms with Crippen LogP contribution in [0.3, 0.4) is 0 Å². The summed E-state index contributed by atoms with van der Waals surface area (Å²) in [5.74, 6) is 0.710. The van der Waals surface area contributed by atoms with Crippen molar-refractivity contribution in [3.8, 4) is 6.01 Å². The number of anilines is 1. The van der Waals surface area contributed by atoms with Gasteiger partial charge in [0.15, 0.2) is 5.82 Å². The van der Waals surface area contributed by atoms with Crippen LogP contribution in [0.1, 0.15) is 16.8 Å². The second kappa shape index (κ2) is 7.49. The SMILES string of the molecule is COc1ncc(Cl)c(N2CCCN(C(=O)c3ccccc3)CC2)n1. The zero-order valence-electron chi connectivity index (χ0n) is 13.5. The molecule has 2 aromatic rings. The molecule has 3 rings (SSSR count). The molecule has 0 radical (unpaired) electrons. The van der Waals surface area contributed by atoms with Gasteiger partial charge in [0, 0.05) is 31.7 Å². The molecule has 0 saturated carbocycles. The Hall–Kier alpha value is -2.34. The Kier molecular flexibility index (Phi) is 5.15. The first-order valence-corrected chi connectivity index (χ1v) is 8.22. The van der Waals surface area contributed by atoms with Crippen molar-refractivity contribution >= 4 is 23.3 Å². The van der Waals surface area contributed by atoms with E-state index >= 15 is 0 Å². The fraction of sp³-hybridized carbons (Fsp3) is 0.353. The van der Waals surface area contributed by atoms with Gasteiger partial charge in [0.1, 0.15) is 5.02 Å². The summed E-state index contributed by atoms with van der Waals surface area (Å²) in [5, 5.41) is 0.485. The fourth-order valence-corrected chi connectivity index (χ4v) is 2.97. The Labute approximate surface area is 146 Å². The van der Waals surface area contributed by atoms with Crippen LogP contribution in [-0.2, 0) is 0 Å². The molecule has 1 aliphatic heterocycles. The van der Waals surface area contributed by atoms with Gasteiger partial charge in [-0.2, -0.15) is 4.98 Å². The third-order valence-electron chi connectivity index (χ3n) is 3.99. The Morgan fingerprint density at radius 3 is 2.71 bits per heavy atom. The van der Waals surface area contributed by atoms with Gasteiger partial charge in [0.25, 0.3) is 5.91 Å². The van der Waals surface area contributed by atoms with Gasteiger partial charge < -0.3 is 14.5 Å². The van der Waals surface area contributed by atoms with E-state index in [0.29, 0.717) is 36.0 Å². The van der Waals surface area contributed by atoms with Gasteiger partial charge in [-0.3, -0.25) is 4.79 Å². The molecule has 0 atom stereocenters. The molecule has 1 aliphatic rings. The normalized spacial score (nSPS) is 15.1. The number of methoxy groups -OCH3 is 1. The van der Waals surface area contributed by atoms with Crippen molar-refractivity contribution in [2.45, 2.75) is 6.42 Å². The highest BCUT2D eigenvalue weighted by Gasteiger charge is 2.22. The number of carbonyl (C=O) groups excluding carboxylic acids is 1. The zero-order valence-corrected chi connectivity index (χ0v) is 14.2. The standard InChI is InChI=1S/C17H19ClN4O2/c1-24-17-19-12-14(18)15(20-17)21-8-5-9-22(11-10-21)16(23)13-6-3-2-4-7-13/h2-4,6-7,12H,5,8-11H2,1H3. The lowest BCUT2D eigenvalue weighted by Gasteiger charge is -2.23. The van der Waals surface area contributed by atoms with Crippen molar-refractivity contribution in [1.29, 1.82) is 0 Å². The minimum absolute atomic E-state index is 0.0591. The van der Waals surface area contributed by atoms with Crippen LogP contribution in [0.2, 0.25) is 5.02 Å². The van der Waals surface area contributed by atoms with Gasteiger partial charge in [0.2, 0.25) is 0 Å². The van der Waals surface area contributed by atoms with Crippen LogP contribution >= 0.6 is 11.6 Å². The van der Waals surface area contributed by atoms with Gasteiger partial charge in [-0.1, -0.05) is 29.8 Å². The maximum absolute atomic E-state index is 12.6. The maximum Gasteiger partial charge on any atom is 0.318 e. The first-order valence-electron chi connectivity index (χ1n) is 7.85. The predicted octanol–water partition coefficient (Wildman–Crippen LogP) is 2.49. The molecule has 6 nitrogen and oxygen atoms in total. The van der Waals surface area contributed by atoms with E-state index in [9.17, 15) is 4.79 Å². The van der Waals surface area contributed by atoms with Crippen molar-refractivity contribution in [2.24, 2.45) is 0 Å². The minimum Gasteiger partial charge on any atom is -0.467 e. The zero-order chi connectivity index (χ0) is 16.9. The topological polar surface area (TPSA) is 58.6 Å². The number of hydrogen-bond acceptors (Lipinski definition) is 5. The number of nitrogens with zero attached hydrogens (tertiary/aromatic N) is 4. The number of carbonyl (C=O) groups is 1. The van der Waals surface area contributed by atoms with E-state index in [-0.39, 0.29) is 11.9 Å². The van der Waals surface area contributed by atoms with Crippen molar-refractivity contribution in [3.63, 3.8) is 0 Å². The highest BCUT2D eigenvalue weighted by atomic mass is 35.5. The average molecular weight is 347 g/mol. The van der Waals surface area contributed by atoms with E-state index in [1.165, 1.54) is 7.11 Å². The lowest BCUT2D eigenvalue weighted by Crippen LogP contribution is -2.35. The van der Waals surface area contributed by atoms with Crippen molar-refractivity contribution in [2.75, 3.05) is 38.2 Å². The van der Waals surface area contributed by atoms with Crippen LogP contribution in [0.5, 0.6) is 6.01 Å². The molecule has 0 aliphatic carbocycles. The lowest BCUT2D eigenvalue weighted by molar-refractivity contribution is 0.0767. The molecule has 0 unspecified atom stereocenters. The van der Waals surface area contributed by atoms with Gasteiger partial charge in [-0.15, -0.1) is 0 Å². The van der Waals surface area contributed by atoms with E-state index < -0.39 is 0 Å². The number of benzene rings is 1. The molecule has 7 heteroatoms. The number of rotatable bonds is 3. The molecule has 0 bridgehead atoms. The van der Waals surface area contributed by atoms with Crippen LogP contribution in [0.4, 0.5) is 5.82 Å². The van der Waals surface area contributed by atoms with E-state index in [1.807, 2.05) is 35.2 Å². The fourth-order valence-electron chi connectivity index (χ4n) is 2.76. The van der Waals surface area contributed by atoms with Gasteiger partial charge in [-0.25, -0.2) is 4.98 Å². The molecule has 1 aromatic carbocycles. The van der Waals surface area contributed by atoms with E-state index in [0.717, 1.165) is 13.0 Å². The summed E-state index contributed by atoms with van der Waals surface area (Å²) in [6.45, 7) is 2.78. The number of halogens is 1. The second-order valence-corrected chi connectivity index (χ2v) is 5.93. The van der Waals surface area contributed by atoms with Gasteiger partial charge in [-0.05, 0) is 18.6 Å². The Bertz CT molecular complexity index is 711. The molecule has 2 heterocycles. The summed E-state index contributed by atoms with van der Waals surface area (Å²) in [5.41, 5.74) is 0.715. The molecule has 1 aromatic heterocycles. The van der Waals surface area contributed by atoms with Crippen LogP contribution in [0, 0.1) is 0 Å². The van der Waals surface area contributed by atoms with E-state index in [1.54, 1.807) is 6.20 Å².